The van der Waals surface area contributed by atoms with E-state index in [1.165, 1.54) is 23.9 Å². The fourth-order valence-corrected chi connectivity index (χ4v) is 5.09. The summed E-state index contributed by atoms with van der Waals surface area (Å²) in [5, 5.41) is 10.5. The summed E-state index contributed by atoms with van der Waals surface area (Å²) in [6, 6.07) is 11.9. The molecule has 0 amide bonds. The number of aromatic nitrogens is 3. The zero-order valence-electron chi connectivity index (χ0n) is 18.5. The molecule has 0 radical (unpaired) electrons. The van der Waals surface area contributed by atoms with Gasteiger partial charge in [-0.1, -0.05) is 23.9 Å². The number of benzene rings is 2. The number of fused-ring (bicyclic) bond motifs is 1. The van der Waals surface area contributed by atoms with Crippen LogP contribution in [0.4, 0.5) is 4.39 Å². The van der Waals surface area contributed by atoms with Gasteiger partial charge in [-0.15, -0.1) is 10.2 Å². The van der Waals surface area contributed by atoms with E-state index in [1.807, 2.05) is 30.5 Å². The fourth-order valence-electron chi connectivity index (χ4n) is 4.15. The van der Waals surface area contributed by atoms with Gasteiger partial charge in [-0.3, -0.25) is 4.57 Å². The largest absolute Gasteiger partial charge is 0.422 e. The first kappa shape index (κ1) is 21.9. The first-order chi connectivity index (χ1) is 16.0. The number of thioether (sulfide) groups is 1. The molecule has 4 aromatic rings. The molecule has 33 heavy (non-hydrogen) atoms. The number of hydrogen-bond donors (Lipinski definition) is 0. The van der Waals surface area contributed by atoms with E-state index >= 15 is 0 Å². The van der Waals surface area contributed by atoms with Gasteiger partial charge in [-0.2, -0.15) is 0 Å². The van der Waals surface area contributed by atoms with Crippen molar-refractivity contribution in [1.29, 1.82) is 0 Å². The maximum atomic E-state index is 13.5. The lowest BCUT2D eigenvalue weighted by molar-refractivity contribution is 0.0953. The molecular weight excluding hydrogens is 441 g/mol. The van der Waals surface area contributed by atoms with Gasteiger partial charge in [-0.25, -0.2) is 9.18 Å². The van der Waals surface area contributed by atoms with Crippen molar-refractivity contribution in [2.24, 2.45) is 0 Å². The van der Waals surface area contributed by atoms with Gasteiger partial charge in [0.2, 0.25) is 0 Å². The van der Waals surface area contributed by atoms with Crippen molar-refractivity contribution in [1.82, 2.24) is 14.8 Å². The summed E-state index contributed by atoms with van der Waals surface area (Å²) < 4.78 is 26.9. The molecular formula is C25H24FN3O3S. The molecule has 8 heteroatoms. The van der Waals surface area contributed by atoms with Gasteiger partial charge in [0, 0.05) is 29.4 Å². The second kappa shape index (κ2) is 9.11. The Labute approximate surface area is 194 Å². The average Bonchev–Trinajstić information content (AvgIpc) is 3.46. The van der Waals surface area contributed by atoms with E-state index < -0.39 is 0 Å². The predicted octanol–water partition coefficient (Wildman–Crippen LogP) is 5.28. The smallest absolute Gasteiger partial charge is 0.336 e. The van der Waals surface area contributed by atoms with Crippen LogP contribution in [-0.4, -0.2) is 27.5 Å². The molecule has 2 aromatic heterocycles. The first-order valence-corrected chi connectivity index (χ1v) is 11.9. The molecule has 0 saturated carbocycles. The van der Waals surface area contributed by atoms with Gasteiger partial charge in [0.25, 0.3) is 0 Å². The zero-order valence-corrected chi connectivity index (χ0v) is 19.3. The third-order valence-electron chi connectivity index (χ3n) is 6.10. The van der Waals surface area contributed by atoms with Crippen molar-refractivity contribution < 1.29 is 13.5 Å². The number of ether oxygens (including phenoxy) is 1. The SMILES string of the molecule is Cc1ccc2c(CSc3nnc(-c4ccc(F)cc4)n3CC3CCCO3)cc(=O)oc2c1C. The second-order valence-electron chi connectivity index (χ2n) is 8.32. The van der Waals surface area contributed by atoms with Crippen LogP contribution in [0.5, 0.6) is 0 Å². The van der Waals surface area contributed by atoms with Crippen LogP contribution in [0.25, 0.3) is 22.4 Å². The topological polar surface area (TPSA) is 70.2 Å². The van der Waals surface area contributed by atoms with Gasteiger partial charge < -0.3 is 9.15 Å². The van der Waals surface area contributed by atoms with Crippen molar-refractivity contribution >= 4 is 22.7 Å². The van der Waals surface area contributed by atoms with Crippen molar-refractivity contribution in [3.05, 3.63) is 75.4 Å². The molecule has 1 aliphatic rings. The highest BCUT2D eigenvalue weighted by Gasteiger charge is 2.22. The molecule has 170 valence electrons. The molecule has 1 aliphatic heterocycles. The highest BCUT2D eigenvalue weighted by molar-refractivity contribution is 7.98. The Balaban J connectivity index is 1.49. The second-order valence-corrected chi connectivity index (χ2v) is 9.26. The van der Waals surface area contributed by atoms with Crippen molar-refractivity contribution in [2.45, 2.75) is 50.2 Å². The van der Waals surface area contributed by atoms with Crippen molar-refractivity contribution in [2.75, 3.05) is 6.61 Å². The number of nitrogens with zero attached hydrogens (tertiary/aromatic N) is 3. The van der Waals surface area contributed by atoms with Crippen LogP contribution >= 0.6 is 11.8 Å². The van der Waals surface area contributed by atoms with E-state index in [-0.39, 0.29) is 17.5 Å². The third-order valence-corrected chi connectivity index (χ3v) is 7.12. The molecule has 1 saturated heterocycles. The number of hydrogen-bond acceptors (Lipinski definition) is 6. The monoisotopic (exact) mass is 465 g/mol. The summed E-state index contributed by atoms with van der Waals surface area (Å²) in [6.45, 7) is 5.34. The Morgan fingerprint density at radius 3 is 2.73 bits per heavy atom. The number of halogens is 1. The van der Waals surface area contributed by atoms with E-state index in [1.54, 1.807) is 18.2 Å². The lowest BCUT2D eigenvalue weighted by Crippen LogP contribution is -2.16. The van der Waals surface area contributed by atoms with Gasteiger partial charge in [0.1, 0.15) is 11.4 Å². The van der Waals surface area contributed by atoms with Crippen LogP contribution in [0.15, 0.2) is 56.8 Å². The van der Waals surface area contributed by atoms with Crippen LogP contribution in [0.2, 0.25) is 0 Å². The van der Waals surface area contributed by atoms with Crippen molar-refractivity contribution in [3.63, 3.8) is 0 Å². The Morgan fingerprint density at radius 2 is 1.97 bits per heavy atom. The molecule has 0 N–H and O–H groups in total. The Hall–Kier alpha value is -2.97. The first-order valence-electron chi connectivity index (χ1n) is 11.0. The van der Waals surface area contributed by atoms with Crippen molar-refractivity contribution in [3.8, 4) is 11.4 Å². The molecule has 1 atom stereocenters. The Kier molecular flexibility index (Phi) is 6.03. The summed E-state index contributed by atoms with van der Waals surface area (Å²) in [4.78, 5) is 12.2. The molecule has 5 rings (SSSR count). The van der Waals surface area contributed by atoms with Gasteiger partial charge >= 0.3 is 5.63 Å². The Bertz CT molecular complexity index is 1360. The minimum absolute atomic E-state index is 0.0924. The van der Waals surface area contributed by atoms with E-state index in [0.29, 0.717) is 23.7 Å². The fraction of sp³-hybridized carbons (Fsp3) is 0.320. The lowest BCUT2D eigenvalue weighted by atomic mass is 10.0. The van der Waals surface area contributed by atoms with Crippen LogP contribution in [0.3, 0.4) is 0 Å². The third kappa shape index (κ3) is 4.45. The molecule has 2 aromatic carbocycles. The van der Waals surface area contributed by atoms with E-state index in [2.05, 4.69) is 10.2 Å². The highest BCUT2D eigenvalue weighted by atomic mass is 32.2. The summed E-state index contributed by atoms with van der Waals surface area (Å²) in [7, 11) is 0. The molecule has 0 bridgehead atoms. The number of aryl methyl sites for hydroxylation is 2. The van der Waals surface area contributed by atoms with Gasteiger partial charge in [-0.05, 0) is 67.6 Å². The quantitative estimate of drug-likeness (QED) is 0.285. The average molecular weight is 466 g/mol. The van der Waals surface area contributed by atoms with E-state index in [9.17, 15) is 9.18 Å². The summed E-state index contributed by atoms with van der Waals surface area (Å²) >= 11 is 1.51. The standard InChI is InChI=1S/C25H24FN3O3S/c1-15-5-10-21-18(12-22(30)32-23(21)16(15)2)14-33-25-28-27-24(17-6-8-19(26)9-7-17)29(25)13-20-4-3-11-31-20/h5-10,12,20H,3-4,11,13-14H2,1-2H3. The van der Waals surface area contributed by atoms with Gasteiger partial charge in [0.15, 0.2) is 11.0 Å². The highest BCUT2D eigenvalue weighted by Crippen LogP contribution is 2.31. The van der Waals surface area contributed by atoms with Crippen LogP contribution in [0, 0.1) is 19.7 Å². The minimum Gasteiger partial charge on any atom is -0.422 e. The predicted molar refractivity (Wildman–Crippen MR) is 126 cm³/mol. The maximum absolute atomic E-state index is 13.5. The minimum atomic E-state index is -0.361. The molecule has 1 unspecified atom stereocenters. The van der Waals surface area contributed by atoms with Gasteiger partial charge in [0.05, 0.1) is 12.6 Å². The van der Waals surface area contributed by atoms with Crippen LogP contribution in [-0.2, 0) is 17.0 Å². The van der Waals surface area contributed by atoms with Crippen LogP contribution < -0.4 is 5.63 Å². The molecule has 3 heterocycles. The maximum Gasteiger partial charge on any atom is 0.336 e. The summed E-state index contributed by atoms with van der Waals surface area (Å²) in [5.74, 6) is 0.924. The van der Waals surface area contributed by atoms with E-state index in [0.717, 1.165) is 52.2 Å². The summed E-state index contributed by atoms with van der Waals surface area (Å²) in [5.41, 5.74) is 4.01. The number of rotatable bonds is 6. The lowest BCUT2D eigenvalue weighted by Gasteiger charge is -2.15. The van der Waals surface area contributed by atoms with E-state index in [4.69, 9.17) is 9.15 Å². The zero-order chi connectivity index (χ0) is 22.9. The molecule has 1 fully saturated rings. The normalized spacial score (nSPS) is 16.0. The molecule has 6 nitrogen and oxygen atoms in total. The molecule has 0 aliphatic carbocycles. The Morgan fingerprint density at radius 1 is 1.15 bits per heavy atom. The molecule has 0 spiro atoms. The summed E-state index contributed by atoms with van der Waals surface area (Å²) in [6.07, 6.45) is 2.11. The van der Waals surface area contributed by atoms with Crippen LogP contribution in [0.1, 0.15) is 29.5 Å².